The molecule has 1 N–H and O–H groups in total. The van der Waals surface area contributed by atoms with Crippen LogP contribution in [0.4, 0.5) is 16.0 Å². The Balaban J connectivity index is 1.63. The Labute approximate surface area is 168 Å². The second kappa shape index (κ2) is 7.84. The Morgan fingerprint density at radius 3 is 2.79 bits per heavy atom. The highest BCUT2D eigenvalue weighted by atomic mass is 32.2. The number of benzene rings is 1. The maximum atomic E-state index is 14.0. The van der Waals surface area contributed by atoms with E-state index in [1.54, 1.807) is 37.6 Å². The number of aromatic nitrogens is 3. The van der Waals surface area contributed by atoms with Crippen LogP contribution in [0.15, 0.2) is 59.9 Å². The molecule has 1 aliphatic rings. The summed E-state index contributed by atoms with van der Waals surface area (Å²) in [6.45, 7) is 1.97. The summed E-state index contributed by atoms with van der Waals surface area (Å²) in [5.41, 5.74) is 1.04. The van der Waals surface area contributed by atoms with Gasteiger partial charge in [-0.05, 0) is 49.6 Å². The van der Waals surface area contributed by atoms with Crippen LogP contribution in [0.5, 0.6) is 0 Å². The molecule has 3 heterocycles. The van der Waals surface area contributed by atoms with Crippen molar-refractivity contribution in [2.24, 2.45) is 0 Å². The molecule has 1 aromatic carbocycles. The first-order valence-corrected chi connectivity index (χ1v) is 10.7. The van der Waals surface area contributed by atoms with E-state index in [1.165, 1.54) is 16.4 Å². The number of hydrogen-bond acceptors (Lipinski definition) is 6. The Morgan fingerprint density at radius 2 is 2.03 bits per heavy atom. The van der Waals surface area contributed by atoms with E-state index in [4.69, 9.17) is 0 Å². The van der Waals surface area contributed by atoms with Gasteiger partial charge in [-0.25, -0.2) is 22.8 Å². The zero-order valence-electron chi connectivity index (χ0n) is 15.8. The van der Waals surface area contributed by atoms with Crippen LogP contribution in [0.2, 0.25) is 0 Å². The third-order valence-electron chi connectivity index (χ3n) is 4.88. The molecule has 0 saturated carbocycles. The third kappa shape index (κ3) is 3.96. The summed E-state index contributed by atoms with van der Waals surface area (Å²) in [7, 11) is -3.84. The van der Waals surface area contributed by atoms with Crippen LogP contribution in [-0.4, -0.2) is 34.2 Å². The van der Waals surface area contributed by atoms with Gasteiger partial charge in [-0.15, -0.1) is 0 Å². The smallest absolute Gasteiger partial charge is 0.243 e. The minimum atomic E-state index is -3.84. The molecule has 3 aromatic rings. The molecule has 0 radical (unpaired) electrons. The second-order valence-electron chi connectivity index (χ2n) is 6.85. The molecule has 1 fully saturated rings. The molecule has 0 bridgehead atoms. The van der Waals surface area contributed by atoms with E-state index in [2.05, 4.69) is 20.3 Å². The fraction of sp³-hybridized carbons (Fsp3) is 0.250. The van der Waals surface area contributed by atoms with Crippen molar-refractivity contribution in [2.75, 3.05) is 11.9 Å². The summed E-state index contributed by atoms with van der Waals surface area (Å²) in [6.07, 6.45) is 6.08. The number of nitrogens with one attached hydrogen (secondary N) is 1. The molecular weight excluding hydrogens is 393 g/mol. The molecule has 0 aliphatic carbocycles. The molecule has 0 amide bonds. The van der Waals surface area contributed by atoms with E-state index < -0.39 is 21.9 Å². The lowest BCUT2D eigenvalue weighted by Crippen LogP contribution is -2.31. The molecule has 7 nitrogen and oxygen atoms in total. The molecule has 150 valence electrons. The van der Waals surface area contributed by atoms with Crippen molar-refractivity contribution in [1.29, 1.82) is 0 Å². The molecule has 0 spiro atoms. The number of aryl methyl sites for hydroxylation is 1. The summed E-state index contributed by atoms with van der Waals surface area (Å²) in [5.74, 6) is 0.562. The van der Waals surface area contributed by atoms with Crippen molar-refractivity contribution in [1.82, 2.24) is 19.3 Å². The van der Waals surface area contributed by atoms with Gasteiger partial charge < -0.3 is 5.32 Å². The van der Waals surface area contributed by atoms with Crippen LogP contribution in [-0.2, 0) is 10.0 Å². The van der Waals surface area contributed by atoms with Gasteiger partial charge in [0.2, 0.25) is 10.0 Å². The van der Waals surface area contributed by atoms with E-state index in [0.29, 0.717) is 42.3 Å². The van der Waals surface area contributed by atoms with Crippen LogP contribution in [0.1, 0.15) is 30.1 Å². The van der Waals surface area contributed by atoms with E-state index >= 15 is 0 Å². The number of rotatable bonds is 5. The van der Waals surface area contributed by atoms with E-state index in [-0.39, 0.29) is 4.90 Å². The summed E-state index contributed by atoms with van der Waals surface area (Å²) in [6, 6.07) is 9.00. The van der Waals surface area contributed by atoms with E-state index in [9.17, 15) is 12.8 Å². The van der Waals surface area contributed by atoms with Crippen LogP contribution in [0, 0.1) is 12.7 Å². The highest BCUT2D eigenvalue weighted by Gasteiger charge is 2.37. The van der Waals surface area contributed by atoms with Gasteiger partial charge >= 0.3 is 0 Å². The number of pyridine rings is 1. The minimum absolute atomic E-state index is 0.0404. The fourth-order valence-corrected chi connectivity index (χ4v) is 5.08. The average molecular weight is 413 g/mol. The lowest BCUT2D eigenvalue weighted by atomic mass is 10.1. The summed E-state index contributed by atoms with van der Waals surface area (Å²) in [5, 5.41) is 3.06. The highest BCUT2D eigenvalue weighted by Crippen LogP contribution is 2.36. The maximum Gasteiger partial charge on any atom is 0.243 e. The van der Waals surface area contributed by atoms with E-state index in [0.717, 1.165) is 6.07 Å². The monoisotopic (exact) mass is 413 g/mol. The SMILES string of the molecule is Cc1ccc(S(=O)(=O)N2CCC[C@H]2c2cccc(Nc3cnccn3)n2)cc1F. The summed E-state index contributed by atoms with van der Waals surface area (Å²) >= 11 is 0. The van der Waals surface area contributed by atoms with Crippen molar-refractivity contribution < 1.29 is 12.8 Å². The average Bonchev–Trinajstić information content (AvgIpc) is 3.22. The molecule has 1 aliphatic heterocycles. The maximum absolute atomic E-state index is 14.0. The van der Waals surface area contributed by atoms with Crippen LogP contribution in [0.25, 0.3) is 0 Å². The van der Waals surface area contributed by atoms with Crippen molar-refractivity contribution in [3.63, 3.8) is 0 Å². The van der Waals surface area contributed by atoms with Crippen molar-refractivity contribution in [3.8, 4) is 0 Å². The molecule has 4 rings (SSSR count). The first-order valence-electron chi connectivity index (χ1n) is 9.23. The van der Waals surface area contributed by atoms with Gasteiger partial charge in [0.1, 0.15) is 17.5 Å². The third-order valence-corrected chi connectivity index (χ3v) is 6.79. The number of halogens is 1. The Morgan fingerprint density at radius 1 is 1.17 bits per heavy atom. The fourth-order valence-electron chi connectivity index (χ4n) is 3.39. The molecule has 0 unspecified atom stereocenters. The lowest BCUT2D eigenvalue weighted by Gasteiger charge is -2.24. The summed E-state index contributed by atoms with van der Waals surface area (Å²) < 4.78 is 41.7. The topological polar surface area (TPSA) is 88.1 Å². The first-order chi connectivity index (χ1) is 13.9. The van der Waals surface area contributed by atoms with Crippen LogP contribution >= 0.6 is 0 Å². The van der Waals surface area contributed by atoms with Crippen LogP contribution < -0.4 is 5.32 Å². The molecule has 2 aromatic heterocycles. The van der Waals surface area contributed by atoms with E-state index in [1.807, 2.05) is 6.07 Å². The normalized spacial score (nSPS) is 17.4. The largest absolute Gasteiger partial charge is 0.324 e. The van der Waals surface area contributed by atoms with Gasteiger partial charge in [-0.3, -0.25) is 4.98 Å². The predicted molar refractivity (Wildman–Crippen MR) is 107 cm³/mol. The number of hydrogen-bond donors (Lipinski definition) is 1. The van der Waals surface area contributed by atoms with Gasteiger partial charge in [-0.2, -0.15) is 4.31 Å². The first kappa shape index (κ1) is 19.4. The van der Waals surface area contributed by atoms with Gasteiger partial charge in [-0.1, -0.05) is 12.1 Å². The van der Waals surface area contributed by atoms with Gasteiger partial charge in [0, 0.05) is 18.9 Å². The molecular formula is C20H20FN5O2S. The molecule has 1 atom stereocenters. The number of anilines is 2. The minimum Gasteiger partial charge on any atom is -0.324 e. The van der Waals surface area contributed by atoms with Crippen molar-refractivity contribution in [3.05, 3.63) is 72.1 Å². The van der Waals surface area contributed by atoms with Crippen molar-refractivity contribution >= 4 is 21.7 Å². The van der Waals surface area contributed by atoms with Gasteiger partial charge in [0.05, 0.1) is 22.8 Å². The molecule has 29 heavy (non-hydrogen) atoms. The second-order valence-corrected chi connectivity index (χ2v) is 8.74. The quantitative estimate of drug-likeness (QED) is 0.688. The number of nitrogens with zero attached hydrogens (tertiary/aromatic N) is 4. The Bertz CT molecular complexity index is 1120. The van der Waals surface area contributed by atoms with Crippen LogP contribution in [0.3, 0.4) is 0 Å². The number of sulfonamides is 1. The Hall–Kier alpha value is -2.91. The van der Waals surface area contributed by atoms with Gasteiger partial charge in [0.15, 0.2) is 0 Å². The molecule has 9 heteroatoms. The lowest BCUT2D eigenvalue weighted by molar-refractivity contribution is 0.390. The summed E-state index contributed by atoms with van der Waals surface area (Å²) in [4.78, 5) is 12.7. The highest BCUT2D eigenvalue weighted by molar-refractivity contribution is 7.89. The standard InChI is InChI=1S/C20H20FN5O2S/c1-14-7-8-15(12-16(14)21)29(27,28)26-11-3-5-18(26)17-4-2-6-19(24-17)25-20-13-22-9-10-23-20/h2,4,6-10,12-13,18H,3,5,11H2,1H3,(H,23,24,25)/t18-/m0/s1. The zero-order chi connectivity index (χ0) is 20.4. The zero-order valence-corrected chi connectivity index (χ0v) is 16.6. The predicted octanol–water partition coefficient (Wildman–Crippen LogP) is 3.59. The molecule has 1 saturated heterocycles. The van der Waals surface area contributed by atoms with Gasteiger partial charge in [0.25, 0.3) is 0 Å². The van der Waals surface area contributed by atoms with Crippen molar-refractivity contribution in [2.45, 2.75) is 30.7 Å². The Kier molecular flexibility index (Phi) is 5.25.